The van der Waals surface area contributed by atoms with Crippen LogP contribution in [0.25, 0.3) is 11.3 Å². The molecule has 9 nitrogen and oxygen atoms in total. The summed E-state index contributed by atoms with van der Waals surface area (Å²) in [4.78, 5) is 45.0. The highest BCUT2D eigenvalue weighted by atomic mass is 35.5. The van der Waals surface area contributed by atoms with Crippen molar-refractivity contribution in [2.24, 2.45) is 16.2 Å². The molecular formula is C49H57ClF3NO8. The summed E-state index contributed by atoms with van der Waals surface area (Å²) in [6.07, 6.45) is 2.37. The minimum absolute atomic E-state index is 0.00359. The molecule has 2 saturated heterocycles. The largest absolute Gasteiger partial charge is 0.453 e. The van der Waals surface area contributed by atoms with Crippen molar-refractivity contribution < 1.29 is 51.7 Å². The van der Waals surface area contributed by atoms with Crippen molar-refractivity contribution in [3.05, 3.63) is 93.2 Å². The van der Waals surface area contributed by atoms with Crippen LogP contribution < -0.4 is 0 Å². The van der Waals surface area contributed by atoms with Crippen LogP contribution in [-0.2, 0) is 31.7 Å². The number of furan rings is 1. The fourth-order valence-electron chi connectivity index (χ4n) is 11.4. The number of amides is 1. The van der Waals surface area contributed by atoms with Gasteiger partial charge in [-0.25, -0.2) is 0 Å². The molecule has 334 valence electrons. The SMILES string of the molecule is CC1=CCCC2(C)C(CCC2(O)CN(CC2CCCO2)C(=O)C23CCC(C)(C(=O)O2)C3(C)C)c2ccc(cc2C(=O)c2ccc(-c3cc(C(F)(F)F)ccc3Cl)o2)CC(O)CC1. The first kappa shape index (κ1) is 44.6. The molecule has 4 fully saturated rings. The van der Waals surface area contributed by atoms with Gasteiger partial charge < -0.3 is 29.0 Å². The van der Waals surface area contributed by atoms with Gasteiger partial charge >= 0.3 is 12.1 Å². The van der Waals surface area contributed by atoms with Gasteiger partial charge in [0.25, 0.3) is 5.91 Å². The molecule has 2 aliphatic heterocycles. The molecule has 1 aromatic heterocycles. The maximum atomic E-state index is 15.2. The Kier molecular flexibility index (Phi) is 11.5. The molecule has 1 amide bonds. The maximum Gasteiger partial charge on any atom is 0.416 e. The Morgan fingerprint density at radius 3 is 2.42 bits per heavy atom. The molecule has 0 spiro atoms. The normalized spacial score (nSPS) is 32.0. The second kappa shape index (κ2) is 15.9. The number of rotatable bonds is 8. The van der Waals surface area contributed by atoms with E-state index < -0.39 is 57.0 Å². The van der Waals surface area contributed by atoms with Crippen LogP contribution in [0, 0.1) is 16.2 Å². The fraction of sp³-hybridized carbons (Fsp3) is 0.571. The fourth-order valence-corrected chi connectivity index (χ4v) is 11.6. The minimum atomic E-state index is -4.62. The summed E-state index contributed by atoms with van der Waals surface area (Å²) < 4.78 is 59.3. The highest BCUT2D eigenvalue weighted by Gasteiger charge is 2.76. The van der Waals surface area contributed by atoms with Gasteiger partial charge in [0.1, 0.15) is 5.76 Å². The van der Waals surface area contributed by atoms with Crippen molar-refractivity contribution in [2.45, 2.75) is 141 Å². The van der Waals surface area contributed by atoms with Crippen molar-refractivity contribution in [2.75, 3.05) is 19.7 Å². The van der Waals surface area contributed by atoms with E-state index in [9.17, 15) is 33.0 Å². The maximum absolute atomic E-state index is 15.2. The van der Waals surface area contributed by atoms with Crippen LogP contribution in [0.2, 0.25) is 5.02 Å². The predicted octanol–water partition coefficient (Wildman–Crippen LogP) is 10.0. The third-order valence-electron chi connectivity index (χ3n) is 15.9. The number of hydrogen-bond acceptors (Lipinski definition) is 8. The van der Waals surface area contributed by atoms with Gasteiger partial charge in [-0.05, 0) is 138 Å². The van der Waals surface area contributed by atoms with E-state index in [0.717, 1.165) is 42.2 Å². The lowest BCUT2D eigenvalue weighted by molar-refractivity contribution is -0.178. The van der Waals surface area contributed by atoms with Gasteiger partial charge in [-0.2, -0.15) is 13.2 Å². The van der Waals surface area contributed by atoms with E-state index in [1.807, 2.05) is 46.8 Å². The number of hydrogen-bond donors (Lipinski definition) is 2. The smallest absolute Gasteiger partial charge is 0.416 e. The summed E-state index contributed by atoms with van der Waals surface area (Å²) in [5.41, 5.74) is -3.53. The molecular weight excluding hydrogens is 823 g/mol. The van der Waals surface area contributed by atoms with Crippen molar-refractivity contribution in [1.29, 1.82) is 0 Å². The van der Waals surface area contributed by atoms with Crippen molar-refractivity contribution >= 4 is 29.3 Å². The number of nitrogens with zero attached hydrogens (tertiary/aromatic N) is 1. The molecule has 0 radical (unpaired) electrons. The number of ether oxygens (including phenoxy) is 2. The first-order chi connectivity index (χ1) is 29.1. The van der Waals surface area contributed by atoms with Gasteiger partial charge in [0.05, 0.1) is 40.4 Å². The molecule has 4 bridgehead atoms. The molecule has 7 unspecified atom stereocenters. The monoisotopic (exact) mass is 879 g/mol. The predicted molar refractivity (Wildman–Crippen MR) is 226 cm³/mol. The Labute approximate surface area is 366 Å². The van der Waals surface area contributed by atoms with Crippen molar-refractivity contribution in [3.63, 3.8) is 0 Å². The number of halogens is 4. The Morgan fingerprint density at radius 2 is 1.74 bits per heavy atom. The molecule has 2 aromatic carbocycles. The summed E-state index contributed by atoms with van der Waals surface area (Å²) in [7, 11) is 0. The molecule has 9 rings (SSSR count). The van der Waals surface area contributed by atoms with E-state index in [0.29, 0.717) is 69.1 Å². The standard InChI is InChI=1S/C49H57ClF3NO8/c1-29-8-6-19-45(4)37(18-20-47(45,59)28-54(27-33-9-7-23-60-33)42(57)48-22-21-46(5,43(58)62-48)44(48,2)3)34-14-11-30(24-32(55)13-10-29)25-35(34)41(56)40-17-16-39(61-40)36-26-31(49(51,52)53)12-15-38(36)50/h8,11-12,14-17,25-26,32-33,37,55,59H,6-7,9-10,13,18-24,27-28H2,1-5H3. The number of alkyl halides is 3. The van der Waals surface area contributed by atoms with Gasteiger partial charge in [0, 0.05) is 35.1 Å². The number of ketones is 1. The van der Waals surface area contributed by atoms with Crippen molar-refractivity contribution in [3.8, 4) is 11.3 Å². The number of benzene rings is 2. The highest BCUT2D eigenvalue weighted by molar-refractivity contribution is 6.33. The van der Waals surface area contributed by atoms with Crippen LogP contribution in [0.15, 0.2) is 64.6 Å². The number of carbonyl (C=O) groups excluding carboxylic acids is 3. The number of aliphatic hydroxyl groups excluding tert-OH is 1. The first-order valence-electron chi connectivity index (χ1n) is 22.0. The molecule has 2 saturated carbocycles. The lowest BCUT2D eigenvalue weighted by Gasteiger charge is -2.48. The van der Waals surface area contributed by atoms with Crippen molar-refractivity contribution in [1.82, 2.24) is 4.90 Å². The van der Waals surface area contributed by atoms with Crippen LogP contribution in [0.1, 0.15) is 138 Å². The molecule has 4 aliphatic carbocycles. The summed E-state index contributed by atoms with van der Waals surface area (Å²) in [5, 5.41) is 24.4. The van der Waals surface area contributed by atoms with Gasteiger partial charge in [-0.15, -0.1) is 0 Å². The minimum Gasteiger partial charge on any atom is -0.453 e. The lowest BCUT2D eigenvalue weighted by Crippen LogP contribution is -2.61. The number of fused-ring (bicyclic) bond motifs is 10. The summed E-state index contributed by atoms with van der Waals surface area (Å²) in [6.45, 7) is 10.6. The van der Waals surface area contributed by atoms with E-state index in [4.69, 9.17) is 25.5 Å². The molecule has 7 atom stereocenters. The van der Waals surface area contributed by atoms with Crippen LogP contribution >= 0.6 is 11.6 Å². The lowest BCUT2D eigenvalue weighted by atomic mass is 9.64. The van der Waals surface area contributed by atoms with Crippen LogP contribution in [0.4, 0.5) is 13.2 Å². The first-order valence-corrected chi connectivity index (χ1v) is 22.4. The van der Waals surface area contributed by atoms with Crippen LogP contribution in [0.3, 0.4) is 0 Å². The topological polar surface area (TPSA) is 127 Å². The second-order valence-electron chi connectivity index (χ2n) is 19.6. The molecule has 62 heavy (non-hydrogen) atoms. The van der Waals surface area contributed by atoms with Gasteiger partial charge in [-0.1, -0.05) is 56.2 Å². The van der Waals surface area contributed by atoms with E-state index in [2.05, 4.69) is 6.08 Å². The Bertz CT molecular complexity index is 2300. The van der Waals surface area contributed by atoms with E-state index >= 15 is 4.79 Å². The molecule has 6 aliphatic rings. The summed E-state index contributed by atoms with van der Waals surface area (Å²) in [6, 6.07) is 11.3. The van der Waals surface area contributed by atoms with Gasteiger partial charge in [0.2, 0.25) is 5.78 Å². The zero-order chi connectivity index (χ0) is 44.6. The zero-order valence-corrected chi connectivity index (χ0v) is 36.9. The quantitative estimate of drug-likeness (QED) is 0.130. The molecule has 3 aromatic rings. The third-order valence-corrected chi connectivity index (χ3v) is 16.3. The van der Waals surface area contributed by atoms with Gasteiger partial charge in [0.15, 0.2) is 11.4 Å². The Morgan fingerprint density at radius 1 is 0.968 bits per heavy atom. The van der Waals surface area contributed by atoms with Crippen LogP contribution in [-0.4, -0.2) is 75.9 Å². The summed E-state index contributed by atoms with van der Waals surface area (Å²) >= 11 is 6.36. The molecule has 2 N–H and O–H groups in total. The number of carbonyl (C=O) groups is 3. The molecule has 3 heterocycles. The van der Waals surface area contributed by atoms with Crippen LogP contribution in [0.5, 0.6) is 0 Å². The second-order valence-corrected chi connectivity index (χ2v) is 20.0. The zero-order valence-electron chi connectivity index (χ0n) is 36.1. The van der Waals surface area contributed by atoms with E-state index in [-0.39, 0.29) is 59.6 Å². The third kappa shape index (κ3) is 7.34. The highest BCUT2D eigenvalue weighted by Crippen LogP contribution is 2.66. The average Bonchev–Trinajstić information content (AvgIpc) is 4.02. The number of aliphatic hydroxyl groups is 2. The van der Waals surface area contributed by atoms with E-state index in [1.54, 1.807) is 11.0 Å². The van der Waals surface area contributed by atoms with Gasteiger partial charge in [-0.3, -0.25) is 14.4 Å². The van der Waals surface area contributed by atoms with E-state index in [1.165, 1.54) is 12.1 Å². The average molecular weight is 880 g/mol. The summed E-state index contributed by atoms with van der Waals surface area (Å²) in [5.74, 6) is -1.72. The number of allylic oxidation sites excluding steroid dienone is 2. The Balaban J connectivity index is 1.19. The molecule has 13 heteroatoms. The number of esters is 1. The Hall–Kier alpha value is -3.97.